The van der Waals surface area contributed by atoms with Crippen molar-refractivity contribution in [2.45, 2.75) is 38.4 Å². The van der Waals surface area contributed by atoms with Gasteiger partial charge in [-0.25, -0.2) is 0 Å². The van der Waals surface area contributed by atoms with Crippen LogP contribution in [0.15, 0.2) is 40.3 Å². The minimum Gasteiger partial charge on any atom is -0.346 e. The monoisotopic (exact) mass is 359 g/mol. The van der Waals surface area contributed by atoms with Gasteiger partial charge in [-0.05, 0) is 12.5 Å². The predicted molar refractivity (Wildman–Crippen MR) is 95.2 cm³/mol. The second-order valence-corrected chi connectivity index (χ2v) is 6.95. The van der Waals surface area contributed by atoms with Gasteiger partial charge in [0.1, 0.15) is 0 Å². The van der Waals surface area contributed by atoms with Gasteiger partial charge in [0, 0.05) is 30.6 Å². The average molecular weight is 359 g/mol. The Morgan fingerprint density at radius 2 is 2.29 bits per heavy atom. The summed E-state index contributed by atoms with van der Waals surface area (Å²) < 4.78 is 39.0. The number of halogens is 3. The summed E-state index contributed by atoms with van der Waals surface area (Å²) in [5.41, 5.74) is -0.681. The van der Waals surface area contributed by atoms with E-state index in [-0.39, 0.29) is 0 Å². The number of unbranched alkanes of at least 4 members (excludes halogenated alkanes) is 1. The maximum Gasteiger partial charge on any atom is 0.416 e. The molecule has 24 heavy (non-hydrogen) atoms. The lowest BCUT2D eigenvalue weighted by Crippen LogP contribution is -2.52. The Hall–Kier alpha value is -1.21. The van der Waals surface area contributed by atoms with Crippen molar-refractivity contribution in [1.82, 2.24) is 10.2 Å². The van der Waals surface area contributed by atoms with Crippen LogP contribution >= 0.6 is 11.8 Å². The fraction of sp³-hybridized carbons (Fsp3) is 0.588. The van der Waals surface area contributed by atoms with E-state index in [1.807, 2.05) is 0 Å². The SMILES string of the molecule is C=C/C=C(\C=C1/CN=C(N2CCNC[C@H]2CCCC)S1)C(F)(F)F. The second-order valence-electron chi connectivity index (χ2n) is 5.86. The van der Waals surface area contributed by atoms with Crippen LogP contribution in [0.1, 0.15) is 26.2 Å². The molecule has 0 aromatic rings. The highest BCUT2D eigenvalue weighted by Gasteiger charge is 2.33. The van der Waals surface area contributed by atoms with Crippen molar-refractivity contribution in [3.63, 3.8) is 0 Å². The molecule has 2 aliphatic rings. The van der Waals surface area contributed by atoms with Crippen molar-refractivity contribution < 1.29 is 13.2 Å². The number of nitrogens with zero attached hydrogens (tertiary/aromatic N) is 2. The zero-order valence-electron chi connectivity index (χ0n) is 13.9. The van der Waals surface area contributed by atoms with Gasteiger partial charge in [0.05, 0.1) is 12.1 Å². The molecule has 1 atom stereocenters. The van der Waals surface area contributed by atoms with Gasteiger partial charge in [0.2, 0.25) is 0 Å². The molecule has 1 fully saturated rings. The fourth-order valence-corrected chi connectivity index (χ4v) is 3.82. The van der Waals surface area contributed by atoms with Crippen molar-refractivity contribution in [2.24, 2.45) is 4.99 Å². The summed E-state index contributed by atoms with van der Waals surface area (Å²) in [6.07, 6.45) is 2.33. The summed E-state index contributed by atoms with van der Waals surface area (Å²) >= 11 is 1.36. The quantitative estimate of drug-likeness (QED) is 0.749. The Morgan fingerprint density at radius 1 is 1.50 bits per heavy atom. The number of thioether (sulfide) groups is 1. The lowest BCUT2D eigenvalue weighted by atomic mass is 10.1. The molecule has 0 aliphatic carbocycles. The Balaban J connectivity index is 2.06. The lowest BCUT2D eigenvalue weighted by molar-refractivity contribution is -0.0882. The zero-order valence-corrected chi connectivity index (χ0v) is 14.7. The number of amidine groups is 1. The number of hydrogen-bond donors (Lipinski definition) is 1. The maximum atomic E-state index is 13.0. The normalized spacial score (nSPS) is 24.4. The van der Waals surface area contributed by atoms with Crippen molar-refractivity contribution in [3.8, 4) is 0 Å². The van der Waals surface area contributed by atoms with Gasteiger partial charge in [-0.3, -0.25) is 4.99 Å². The predicted octanol–water partition coefficient (Wildman–Crippen LogP) is 4.11. The molecule has 0 aromatic heterocycles. The van der Waals surface area contributed by atoms with Crippen LogP contribution in [0.25, 0.3) is 0 Å². The van der Waals surface area contributed by atoms with Crippen molar-refractivity contribution in [1.29, 1.82) is 0 Å². The molecule has 0 amide bonds. The largest absolute Gasteiger partial charge is 0.416 e. The van der Waals surface area contributed by atoms with Gasteiger partial charge in [-0.1, -0.05) is 50.3 Å². The summed E-state index contributed by atoms with van der Waals surface area (Å²) in [5.74, 6) is 0. The van der Waals surface area contributed by atoms with E-state index >= 15 is 0 Å². The molecule has 7 heteroatoms. The highest BCUT2D eigenvalue weighted by molar-refractivity contribution is 8.17. The van der Waals surface area contributed by atoms with E-state index in [1.165, 1.54) is 23.9 Å². The Bertz CT molecular complexity index is 538. The van der Waals surface area contributed by atoms with E-state index in [1.54, 1.807) is 0 Å². The molecule has 0 aromatic carbocycles. The summed E-state index contributed by atoms with van der Waals surface area (Å²) in [6, 6.07) is 0.370. The number of rotatable bonds is 5. The molecule has 1 N–H and O–H groups in total. The van der Waals surface area contributed by atoms with Gasteiger partial charge in [-0.15, -0.1) is 0 Å². The highest BCUT2D eigenvalue weighted by Crippen LogP contribution is 2.34. The highest BCUT2D eigenvalue weighted by atomic mass is 32.2. The minimum absolute atomic E-state index is 0.314. The maximum absolute atomic E-state index is 13.0. The van der Waals surface area contributed by atoms with E-state index < -0.39 is 11.7 Å². The van der Waals surface area contributed by atoms with Crippen LogP contribution in [0.4, 0.5) is 13.2 Å². The Labute approximate surface area is 145 Å². The number of alkyl halides is 3. The van der Waals surface area contributed by atoms with Crippen LogP contribution in [0.5, 0.6) is 0 Å². The molecule has 2 aliphatic heterocycles. The van der Waals surface area contributed by atoms with Crippen molar-refractivity contribution in [2.75, 3.05) is 26.2 Å². The molecule has 2 rings (SSSR count). The summed E-state index contributed by atoms with van der Waals surface area (Å²) in [7, 11) is 0. The fourth-order valence-electron chi connectivity index (χ4n) is 2.79. The molecule has 134 valence electrons. The smallest absolute Gasteiger partial charge is 0.346 e. The molecular formula is C17H24F3N3S. The average Bonchev–Trinajstić information content (AvgIpc) is 3.00. The van der Waals surface area contributed by atoms with E-state index in [2.05, 4.69) is 28.7 Å². The molecular weight excluding hydrogens is 335 g/mol. The van der Waals surface area contributed by atoms with Crippen LogP contribution < -0.4 is 5.32 Å². The first-order chi connectivity index (χ1) is 11.5. The minimum atomic E-state index is -4.37. The first-order valence-corrected chi connectivity index (χ1v) is 9.07. The van der Waals surface area contributed by atoms with E-state index in [0.717, 1.165) is 50.1 Å². The molecule has 2 heterocycles. The van der Waals surface area contributed by atoms with Crippen LogP contribution in [0, 0.1) is 0 Å². The molecule has 0 bridgehead atoms. The molecule has 1 saturated heterocycles. The van der Waals surface area contributed by atoms with Crippen molar-refractivity contribution in [3.05, 3.63) is 35.3 Å². The standard InChI is InChI=1S/C17H24F3N3S/c1-3-5-7-14-11-21-8-9-23(14)16-22-12-15(24-16)10-13(6-4-2)17(18,19)20/h4,6,10,14,21H,2-3,5,7-9,11-12H2,1H3/b13-6+,15-10+/t14-/m1/s1. The van der Waals surface area contributed by atoms with E-state index in [4.69, 9.17) is 0 Å². The van der Waals surface area contributed by atoms with E-state index in [0.29, 0.717) is 17.5 Å². The topological polar surface area (TPSA) is 27.6 Å². The van der Waals surface area contributed by atoms with Gasteiger partial charge < -0.3 is 10.2 Å². The number of piperazine rings is 1. The van der Waals surface area contributed by atoms with Crippen LogP contribution in [-0.2, 0) is 0 Å². The zero-order chi connectivity index (χ0) is 17.6. The molecule has 0 saturated carbocycles. The second kappa shape index (κ2) is 8.76. The van der Waals surface area contributed by atoms with Crippen LogP contribution in [0.2, 0.25) is 0 Å². The molecule has 0 spiro atoms. The number of allylic oxidation sites excluding steroid dienone is 4. The Kier molecular flexibility index (Phi) is 6.98. The van der Waals surface area contributed by atoms with Gasteiger partial charge in [0.25, 0.3) is 0 Å². The first kappa shape index (κ1) is 19.1. The third kappa shape index (κ3) is 5.14. The van der Waals surface area contributed by atoms with Gasteiger partial charge in [-0.2, -0.15) is 13.2 Å². The molecule has 0 unspecified atom stereocenters. The summed E-state index contributed by atoms with van der Waals surface area (Å²) in [4.78, 5) is 7.36. The van der Waals surface area contributed by atoms with Gasteiger partial charge in [0.15, 0.2) is 5.17 Å². The van der Waals surface area contributed by atoms with Crippen LogP contribution in [-0.4, -0.2) is 48.5 Å². The summed E-state index contributed by atoms with van der Waals surface area (Å²) in [5, 5.41) is 4.24. The third-order valence-corrected chi connectivity index (χ3v) is 5.08. The number of aliphatic imine (C=N–C) groups is 1. The Morgan fingerprint density at radius 3 is 2.96 bits per heavy atom. The number of nitrogens with one attached hydrogen (secondary N) is 1. The van der Waals surface area contributed by atoms with Crippen LogP contribution in [0.3, 0.4) is 0 Å². The molecule has 0 radical (unpaired) electrons. The lowest BCUT2D eigenvalue weighted by Gasteiger charge is -2.37. The van der Waals surface area contributed by atoms with E-state index in [9.17, 15) is 13.2 Å². The van der Waals surface area contributed by atoms with Crippen molar-refractivity contribution >= 4 is 16.9 Å². The third-order valence-electron chi connectivity index (χ3n) is 4.02. The number of hydrogen-bond acceptors (Lipinski definition) is 4. The first-order valence-electron chi connectivity index (χ1n) is 8.25. The van der Waals surface area contributed by atoms with Gasteiger partial charge >= 0.3 is 6.18 Å². The molecule has 3 nitrogen and oxygen atoms in total. The summed E-state index contributed by atoms with van der Waals surface area (Å²) in [6.45, 7) is 8.47.